The summed E-state index contributed by atoms with van der Waals surface area (Å²) in [5, 5.41) is 0. The number of rotatable bonds is 3. The second-order valence-corrected chi connectivity index (χ2v) is 4.58. The third-order valence-electron chi connectivity index (χ3n) is 2.05. The maximum absolute atomic E-state index is 6.03. The van der Waals surface area contributed by atoms with Crippen LogP contribution in [0.3, 0.4) is 0 Å². The smallest absolute Gasteiger partial charge is 0.297 e. The van der Waals surface area contributed by atoms with E-state index >= 15 is 0 Å². The van der Waals surface area contributed by atoms with Gasteiger partial charge in [-0.3, -0.25) is 0 Å². The third-order valence-corrected chi connectivity index (χ3v) is 2.69. The van der Waals surface area contributed by atoms with Gasteiger partial charge in [-0.15, -0.1) is 0 Å². The largest absolute Gasteiger partial charge is 0.454 e. The maximum Gasteiger partial charge on any atom is 0.297 e. The highest BCUT2D eigenvalue weighted by Crippen LogP contribution is 2.32. The third kappa shape index (κ3) is 2.51. The van der Waals surface area contributed by atoms with Gasteiger partial charge in [0.1, 0.15) is 5.75 Å². The average Bonchev–Trinajstić information content (AvgIpc) is 2.66. The quantitative estimate of drug-likeness (QED) is 0.845. The van der Waals surface area contributed by atoms with E-state index in [-0.39, 0.29) is 12.6 Å². The minimum absolute atomic E-state index is 0.0762. The zero-order valence-corrected chi connectivity index (χ0v) is 9.78. The summed E-state index contributed by atoms with van der Waals surface area (Å²) in [4.78, 5) is 3.85. The molecular formula is C10H10Cl2N2O2. The molecule has 0 spiro atoms. The van der Waals surface area contributed by atoms with E-state index in [9.17, 15) is 0 Å². The summed E-state index contributed by atoms with van der Waals surface area (Å²) < 4.78 is 9.04. The van der Waals surface area contributed by atoms with Crippen molar-refractivity contribution >= 4 is 29.2 Å². The van der Waals surface area contributed by atoms with Gasteiger partial charge in [-0.1, -0.05) is 41.4 Å². The number of aliphatic imine (C=N–C) groups is 1. The summed E-state index contributed by atoms with van der Waals surface area (Å²) in [6.45, 7) is 0.283. The maximum atomic E-state index is 6.03. The Balaban J connectivity index is 2.03. The van der Waals surface area contributed by atoms with E-state index in [1.807, 2.05) is 18.2 Å². The van der Waals surface area contributed by atoms with Crippen molar-refractivity contribution in [2.45, 2.75) is 10.6 Å². The summed E-state index contributed by atoms with van der Waals surface area (Å²) in [6.07, 6.45) is -0.601. The van der Waals surface area contributed by atoms with Crippen LogP contribution in [-0.2, 0) is 4.74 Å². The van der Waals surface area contributed by atoms with Crippen molar-refractivity contribution in [3.63, 3.8) is 0 Å². The first-order chi connectivity index (χ1) is 7.58. The molecule has 1 aromatic rings. The fraction of sp³-hybridized carbons (Fsp3) is 0.300. The number of ether oxygens (including phenoxy) is 2. The Bertz CT molecular complexity index is 395. The van der Waals surface area contributed by atoms with Gasteiger partial charge in [0.05, 0.1) is 6.54 Å². The molecule has 2 N–H and O–H groups in total. The van der Waals surface area contributed by atoms with Gasteiger partial charge < -0.3 is 15.2 Å². The van der Waals surface area contributed by atoms with Gasteiger partial charge >= 0.3 is 0 Å². The van der Waals surface area contributed by atoms with Gasteiger partial charge in [0, 0.05) is 0 Å². The van der Waals surface area contributed by atoms with Crippen LogP contribution in [-0.4, -0.2) is 23.2 Å². The number of amidine groups is 1. The molecule has 1 aliphatic heterocycles. The molecule has 1 aromatic carbocycles. The topological polar surface area (TPSA) is 56.8 Å². The summed E-state index contributed by atoms with van der Waals surface area (Å²) in [5.41, 5.74) is 5.37. The molecule has 0 saturated carbocycles. The molecule has 4 nitrogen and oxygen atoms in total. The van der Waals surface area contributed by atoms with Gasteiger partial charge in [-0.2, -0.15) is 0 Å². The molecule has 0 fully saturated rings. The first-order valence-corrected chi connectivity index (χ1v) is 5.42. The second-order valence-electron chi connectivity index (χ2n) is 3.26. The van der Waals surface area contributed by atoms with Crippen molar-refractivity contribution < 1.29 is 9.47 Å². The average molecular weight is 261 g/mol. The number of hydrogen-bond acceptors (Lipinski definition) is 4. The van der Waals surface area contributed by atoms with Crippen LogP contribution < -0.4 is 10.5 Å². The highest BCUT2D eigenvalue weighted by atomic mass is 35.5. The first-order valence-electron chi connectivity index (χ1n) is 4.66. The van der Waals surface area contributed by atoms with Crippen LogP contribution >= 0.6 is 23.2 Å². The lowest BCUT2D eigenvalue weighted by molar-refractivity contribution is 0.0874. The van der Waals surface area contributed by atoms with Crippen LogP contribution in [0.1, 0.15) is 0 Å². The lowest BCUT2D eigenvalue weighted by atomic mass is 10.3. The molecule has 1 atom stereocenters. The van der Waals surface area contributed by atoms with Crippen LogP contribution in [0.4, 0.5) is 0 Å². The van der Waals surface area contributed by atoms with E-state index in [0.717, 1.165) is 0 Å². The minimum atomic E-state index is -1.51. The van der Waals surface area contributed by atoms with E-state index in [0.29, 0.717) is 5.75 Å². The minimum Gasteiger partial charge on any atom is -0.454 e. The number of halogens is 2. The van der Waals surface area contributed by atoms with Gasteiger partial charge in [0.15, 0.2) is 6.10 Å². The normalized spacial score (nSPS) is 20.1. The lowest BCUT2D eigenvalue weighted by Gasteiger charge is -2.26. The molecule has 2 rings (SSSR count). The molecule has 0 aromatic heterocycles. The highest BCUT2D eigenvalue weighted by molar-refractivity contribution is 6.48. The molecular weight excluding hydrogens is 251 g/mol. The molecule has 0 amide bonds. The van der Waals surface area contributed by atoms with Gasteiger partial charge in [-0.25, -0.2) is 4.99 Å². The zero-order chi connectivity index (χ0) is 11.6. The lowest BCUT2D eigenvalue weighted by Crippen LogP contribution is -2.40. The van der Waals surface area contributed by atoms with Crippen molar-refractivity contribution in [1.82, 2.24) is 0 Å². The van der Waals surface area contributed by atoms with E-state index in [2.05, 4.69) is 4.99 Å². The predicted octanol–water partition coefficient (Wildman–Crippen LogP) is 1.91. The van der Waals surface area contributed by atoms with Crippen molar-refractivity contribution in [3.05, 3.63) is 30.3 Å². The van der Waals surface area contributed by atoms with E-state index < -0.39 is 10.6 Å². The van der Waals surface area contributed by atoms with Crippen LogP contribution in [0.25, 0.3) is 0 Å². The molecule has 0 bridgehead atoms. The van der Waals surface area contributed by atoms with Gasteiger partial charge in [-0.05, 0) is 12.1 Å². The Morgan fingerprint density at radius 1 is 1.38 bits per heavy atom. The molecule has 16 heavy (non-hydrogen) atoms. The Kier molecular flexibility index (Phi) is 3.12. The van der Waals surface area contributed by atoms with Crippen molar-refractivity contribution in [3.8, 4) is 5.75 Å². The Morgan fingerprint density at radius 2 is 2.06 bits per heavy atom. The standard InChI is InChI=1S/C10H10Cl2N2O2/c11-10(12,8-6-14-9(13)15-8)16-7-4-2-1-3-5-7/h1-5,8H,6H2,(H2,13,14). The Morgan fingerprint density at radius 3 is 2.62 bits per heavy atom. The fourth-order valence-corrected chi connectivity index (χ4v) is 1.68. The van der Waals surface area contributed by atoms with Crippen molar-refractivity contribution in [2.75, 3.05) is 6.54 Å². The van der Waals surface area contributed by atoms with Gasteiger partial charge in [0.25, 0.3) is 10.5 Å². The molecule has 1 aliphatic rings. The van der Waals surface area contributed by atoms with E-state index in [4.69, 9.17) is 38.4 Å². The number of nitrogens with two attached hydrogens (primary N) is 1. The van der Waals surface area contributed by atoms with Crippen LogP contribution in [0.2, 0.25) is 0 Å². The number of benzene rings is 1. The molecule has 0 saturated heterocycles. The van der Waals surface area contributed by atoms with Gasteiger partial charge in [0.2, 0.25) is 0 Å². The molecule has 0 aliphatic carbocycles. The van der Waals surface area contributed by atoms with Crippen LogP contribution in [0.5, 0.6) is 5.75 Å². The number of para-hydroxylation sites is 1. The monoisotopic (exact) mass is 260 g/mol. The van der Waals surface area contributed by atoms with Crippen LogP contribution in [0, 0.1) is 0 Å². The zero-order valence-electron chi connectivity index (χ0n) is 8.27. The highest BCUT2D eigenvalue weighted by Gasteiger charge is 2.42. The predicted molar refractivity (Wildman–Crippen MR) is 62.9 cm³/mol. The second kappa shape index (κ2) is 4.39. The van der Waals surface area contributed by atoms with Crippen LogP contribution in [0.15, 0.2) is 35.3 Å². The van der Waals surface area contributed by atoms with E-state index in [1.54, 1.807) is 12.1 Å². The molecule has 0 radical (unpaired) electrons. The number of alkyl halides is 2. The molecule has 1 heterocycles. The summed E-state index contributed by atoms with van der Waals surface area (Å²) in [5.74, 6) is 0.557. The van der Waals surface area contributed by atoms with E-state index in [1.165, 1.54) is 0 Å². The molecule has 86 valence electrons. The summed E-state index contributed by atoms with van der Waals surface area (Å²) >= 11 is 12.1. The summed E-state index contributed by atoms with van der Waals surface area (Å²) in [7, 11) is 0. The van der Waals surface area contributed by atoms with Crippen molar-refractivity contribution in [2.24, 2.45) is 10.7 Å². The SMILES string of the molecule is NC1=NCC(C(Cl)(Cl)Oc2ccccc2)O1. The number of nitrogens with zero attached hydrogens (tertiary/aromatic N) is 1. The van der Waals surface area contributed by atoms with Crippen molar-refractivity contribution in [1.29, 1.82) is 0 Å². The molecule has 6 heteroatoms. The molecule has 1 unspecified atom stereocenters. The summed E-state index contributed by atoms with van der Waals surface area (Å²) in [6, 6.07) is 9.08. The Hall–Kier alpha value is -1.13. The number of hydrogen-bond donors (Lipinski definition) is 1. The fourth-order valence-electron chi connectivity index (χ4n) is 1.28. The first kappa shape index (κ1) is 11.4. The Labute approximate surface area is 103 Å².